The molecule has 1 aliphatic heterocycles. The van der Waals surface area contributed by atoms with Crippen molar-refractivity contribution in [2.24, 2.45) is 0 Å². The highest BCUT2D eigenvalue weighted by Gasteiger charge is 2.20. The molecule has 0 aliphatic carbocycles. The van der Waals surface area contributed by atoms with E-state index in [1.165, 1.54) is 0 Å². The molecule has 84 valence electrons. The zero-order chi connectivity index (χ0) is 10.8. The quantitative estimate of drug-likeness (QED) is 0.825. The first-order chi connectivity index (χ1) is 7.22. The lowest BCUT2D eigenvalue weighted by atomic mass is 10.2. The third kappa shape index (κ3) is 2.02. The number of hydrogen-bond acceptors (Lipinski definition) is 2. The Kier molecular flexibility index (Phi) is 3.00. The average Bonchev–Trinajstić information content (AvgIpc) is 2.56. The summed E-state index contributed by atoms with van der Waals surface area (Å²) >= 11 is 0. The zero-order valence-electron chi connectivity index (χ0n) is 8.76. The lowest BCUT2D eigenvalue weighted by molar-refractivity contribution is 0.124. The molecule has 0 radical (unpaired) electrons. The van der Waals surface area contributed by atoms with Crippen LogP contribution < -0.4 is 5.32 Å². The van der Waals surface area contributed by atoms with E-state index in [4.69, 9.17) is 0 Å². The van der Waals surface area contributed by atoms with Gasteiger partial charge in [-0.15, -0.1) is 0 Å². The highest BCUT2D eigenvalue weighted by atomic mass is 19.3. The van der Waals surface area contributed by atoms with Gasteiger partial charge in [-0.2, -0.15) is 0 Å². The third-order valence-electron chi connectivity index (χ3n) is 2.70. The van der Waals surface area contributed by atoms with Gasteiger partial charge in [-0.05, 0) is 0 Å². The van der Waals surface area contributed by atoms with Crippen LogP contribution in [0.25, 0.3) is 0 Å². The van der Waals surface area contributed by atoms with E-state index in [1.54, 1.807) is 4.57 Å². The number of nitrogens with one attached hydrogen (secondary N) is 1. The standard InChI is InChI=1S/C10H15F2N3/c1-2-10-14-7-5-13-4-3-8(7)15(10)6-9(11)12/h9,13H,2-6H2,1H3. The minimum Gasteiger partial charge on any atom is -0.326 e. The molecule has 0 aromatic carbocycles. The Morgan fingerprint density at radius 3 is 3.00 bits per heavy atom. The summed E-state index contributed by atoms with van der Waals surface area (Å²) in [7, 11) is 0. The van der Waals surface area contributed by atoms with Crippen molar-refractivity contribution in [3.05, 3.63) is 17.2 Å². The van der Waals surface area contributed by atoms with E-state index in [-0.39, 0.29) is 6.54 Å². The summed E-state index contributed by atoms with van der Waals surface area (Å²) in [6.07, 6.45) is -0.794. The van der Waals surface area contributed by atoms with Crippen molar-refractivity contribution in [2.75, 3.05) is 6.54 Å². The molecule has 0 fully saturated rings. The molecule has 1 aromatic heterocycles. The molecular formula is C10H15F2N3. The van der Waals surface area contributed by atoms with E-state index < -0.39 is 6.43 Å². The van der Waals surface area contributed by atoms with Crippen LogP contribution in [-0.2, 0) is 25.9 Å². The summed E-state index contributed by atoms with van der Waals surface area (Å²) in [5.41, 5.74) is 1.93. The third-order valence-corrected chi connectivity index (χ3v) is 2.70. The van der Waals surface area contributed by atoms with Gasteiger partial charge in [0.25, 0.3) is 6.43 Å². The molecule has 0 atom stereocenters. The maximum absolute atomic E-state index is 12.4. The molecule has 0 spiro atoms. The van der Waals surface area contributed by atoms with Gasteiger partial charge in [0.1, 0.15) is 5.82 Å². The molecule has 1 N–H and O–H groups in total. The van der Waals surface area contributed by atoms with Crippen molar-refractivity contribution >= 4 is 0 Å². The number of imidazole rings is 1. The second-order valence-electron chi connectivity index (χ2n) is 3.70. The second-order valence-corrected chi connectivity index (χ2v) is 3.70. The first-order valence-electron chi connectivity index (χ1n) is 5.28. The Morgan fingerprint density at radius 1 is 1.53 bits per heavy atom. The molecule has 3 nitrogen and oxygen atoms in total. The number of rotatable bonds is 3. The van der Waals surface area contributed by atoms with E-state index in [9.17, 15) is 8.78 Å². The topological polar surface area (TPSA) is 29.9 Å². The second kappa shape index (κ2) is 4.26. The largest absolute Gasteiger partial charge is 0.326 e. The van der Waals surface area contributed by atoms with Gasteiger partial charge in [0.05, 0.1) is 12.2 Å². The van der Waals surface area contributed by atoms with Crippen LogP contribution >= 0.6 is 0 Å². The SMILES string of the molecule is CCc1nc2c(n1CC(F)F)CCNC2. The molecular weight excluding hydrogens is 200 g/mol. The number of hydrogen-bond donors (Lipinski definition) is 1. The smallest absolute Gasteiger partial charge is 0.256 e. The van der Waals surface area contributed by atoms with Crippen LogP contribution in [0, 0.1) is 0 Å². The van der Waals surface area contributed by atoms with Crippen LogP contribution in [0.4, 0.5) is 8.78 Å². The Bertz CT molecular complexity index is 347. The summed E-state index contributed by atoms with van der Waals surface area (Å²) in [6, 6.07) is 0. The van der Waals surface area contributed by atoms with E-state index in [0.717, 1.165) is 30.2 Å². The van der Waals surface area contributed by atoms with Gasteiger partial charge >= 0.3 is 0 Å². The van der Waals surface area contributed by atoms with Crippen molar-refractivity contribution in [1.82, 2.24) is 14.9 Å². The van der Waals surface area contributed by atoms with Gasteiger partial charge in [0, 0.05) is 31.6 Å². The summed E-state index contributed by atoms with van der Waals surface area (Å²) < 4.78 is 26.5. The fourth-order valence-corrected chi connectivity index (χ4v) is 2.05. The van der Waals surface area contributed by atoms with E-state index in [1.807, 2.05) is 6.92 Å². The van der Waals surface area contributed by atoms with Crippen molar-refractivity contribution in [3.63, 3.8) is 0 Å². The van der Waals surface area contributed by atoms with Crippen LogP contribution in [0.2, 0.25) is 0 Å². The molecule has 5 heteroatoms. The Morgan fingerprint density at radius 2 is 2.33 bits per heavy atom. The molecule has 0 saturated carbocycles. The Labute approximate surface area is 87.5 Å². The molecule has 15 heavy (non-hydrogen) atoms. The number of alkyl halides is 2. The van der Waals surface area contributed by atoms with E-state index in [0.29, 0.717) is 13.0 Å². The fourth-order valence-electron chi connectivity index (χ4n) is 2.05. The summed E-state index contributed by atoms with van der Waals surface area (Å²) in [5.74, 6) is 0.781. The van der Waals surface area contributed by atoms with Crippen LogP contribution in [0.15, 0.2) is 0 Å². The number of nitrogens with zero attached hydrogens (tertiary/aromatic N) is 2. The summed E-state index contributed by atoms with van der Waals surface area (Å²) in [5, 5.41) is 3.20. The first-order valence-corrected chi connectivity index (χ1v) is 5.28. The Balaban J connectivity index is 2.35. The Hall–Kier alpha value is -0.970. The van der Waals surface area contributed by atoms with Crippen LogP contribution in [-0.4, -0.2) is 22.5 Å². The minimum atomic E-state index is -2.30. The fraction of sp³-hybridized carbons (Fsp3) is 0.700. The molecule has 1 aromatic rings. The molecule has 0 bridgehead atoms. The summed E-state index contributed by atoms with van der Waals surface area (Å²) in [4.78, 5) is 4.39. The lowest BCUT2D eigenvalue weighted by Crippen LogP contribution is -2.25. The normalized spacial score (nSPS) is 15.7. The monoisotopic (exact) mass is 215 g/mol. The molecule has 2 heterocycles. The first kappa shape index (κ1) is 10.5. The predicted octanol–water partition coefficient (Wildman–Crippen LogP) is 1.36. The van der Waals surface area contributed by atoms with Crippen molar-refractivity contribution in [2.45, 2.75) is 39.3 Å². The van der Waals surface area contributed by atoms with Crippen molar-refractivity contribution in [1.29, 1.82) is 0 Å². The van der Waals surface area contributed by atoms with Gasteiger partial charge in [-0.3, -0.25) is 0 Å². The van der Waals surface area contributed by atoms with Crippen LogP contribution in [0.1, 0.15) is 24.1 Å². The maximum atomic E-state index is 12.4. The molecule has 0 amide bonds. The van der Waals surface area contributed by atoms with Crippen LogP contribution in [0.3, 0.4) is 0 Å². The number of halogens is 2. The predicted molar refractivity (Wildman–Crippen MR) is 53.0 cm³/mol. The summed E-state index contributed by atoms with van der Waals surface area (Å²) in [6.45, 7) is 3.29. The van der Waals surface area contributed by atoms with Gasteiger partial charge in [0.15, 0.2) is 0 Å². The van der Waals surface area contributed by atoms with E-state index >= 15 is 0 Å². The number of aromatic nitrogens is 2. The van der Waals surface area contributed by atoms with Crippen molar-refractivity contribution < 1.29 is 8.78 Å². The molecule has 0 saturated heterocycles. The van der Waals surface area contributed by atoms with Crippen molar-refractivity contribution in [3.8, 4) is 0 Å². The van der Waals surface area contributed by atoms with E-state index in [2.05, 4.69) is 10.3 Å². The average molecular weight is 215 g/mol. The molecule has 0 unspecified atom stereocenters. The molecule has 1 aliphatic rings. The van der Waals surface area contributed by atoms with Gasteiger partial charge in [-0.1, -0.05) is 6.92 Å². The minimum absolute atomic E-state index is 0.217. The number of aryl methyl sites for hydroxylation is 1. The van der Waals surface area contributed by atoms with Gasteiger partial charge in [-0.25, -0.2) is 13.8 Å². The highest BCUT2D eigenvalue weighted by Crippen LogP contribution is 2.17. The van der Waals surface area contributed by atoms with Crippen LogP contribution in [0.5, 0.6) is 0 Å². The van der Waals surface area contributed by atoms with Gasteiger partial charge in [0.2, 0.25) is 0 Å². The zero-order valence-corrected chi connectivity index (χ0v) is 8.76. The molecule has 2 rings (SSSR count). The maximum Gasteiger partial charge on any atom is 0.256 e. The van der Waals surface area contributed by atoms with Gasteiger partial charge < -0.3 is 9.88 Å². The number of fused-ring (bicyclic) bond motifs is 1. The highest BCUT2D eigenvalue weighted by molar-refractivity contribution is 5.20. The lowest BCUT2D eigenvalue weighted by Gasteiger charge is -2.15.